The first-order valence-corrected chi connectivity index (χ1v) is 23.4. The van der Waals surface area contributed by atoms with Gasteiger partial charge in [0.15, 0.2) is 0 Å². The molecule has 0 amide bonds. The van der Waals surface area contributed by atoms with Gasteiger partial charge >= 0.3 is 11.9 Å². The van der Waals surface area contributed by atoms with Crippen molar-refractivity contribution in [2.24, 2.45) is 92.7 Å². The Balaban J connectivity index is 0.928. The second-order valence-electron chi connectivity index (χ2n) is 22.6. The van der Waals surface area contributed by atoms with E-state index in [1.165, 1.54) is 89.9 Å². The molecule has 16 rings (SSSR count). The fourth-order valence-corrected chi connectivity index (χ4v) is 18.1. The summed E-state index contributed by atoms with van der Waals surface area (Å²) in [6, 6.07) is 0. The molecule has 0 radical (unpaired) electrons. The van der Waals surface area contributed by atoms with Gasteiger partial charge in [0, 0.05) is 12.8 Å². The Kier molecular flexibility index (Phi) is 9.74. The zero-order chi connectivity index (χ0) is 36.9. The molecule has 0 aromatic heterocycles. The van der Waals surface area contributed by atoms with Gasteiger partial charge in [-0.05, 0) is 221 Å². The normalized spacial score (nSPS) is 55.8. The molecule has 5 nitrogen and oxygen atoms in total. The Hall–Kier alpha value is -1.10. The molecule has 0 aromatic rings. The zero-order valence-electron chi connectivity index (χ0n) is 34.7. The van der Waals surface area contributed by atoms with E-state index in [2.05, 4.69) is 41.5 Å². The Morgan fingerprint density at radius 2 is 0.887 bits per heavy atom. The highest BCUT2D eigenvalue weighted by atomic mass is 17.2. The third-order valence-electron chi connectivity index (χ3n) is 20.9. The molecule has 0 spiro atoms. The molecule has 8 aliphatic carbocycles. The molecular weight excluding hydrogens is 657 g/mol. The average molecular weight is 733 g/mol. The van der Waals surface area contributed by atoms with Crippen molar-refractivity contribution in [1.82, 2.24) is 0 Å². The summed E-state index contributed by atoms with van der Waals surface area (Å²) in [6.45, 7) is 15.5. The molecule has 8 aliphatic heterocycles. The second kappa shape index (κ2) is 13.8. The lowest BCUT2D eigenvalue weighted by Crippen LogP contribution is -2.54. The first-order valence-electron chi connectivity index (χ1n) is 23.4. The van der Waals surface area contributed by atoms with Crippen LogP contribution in [0, 0.1) is 92.7 Å². The van der Waals surface area contributed by atoms with Gasteiger partial charge in [-0.1, -0.05) is 41.5 Å². The highest BCUT2D eigenvalue weighted by molar-refractivity contribution is 5.69. The molecular formula is C48H76O5. The fourth-order valence-electron chi connectivity index (χ4n) is 18.1. The number of esters is 1. The first-order chi connectivity index (χ1) is 25.3. The second-order valence-corrected chi connectivity index (χ2v) is 22.6. The summed E-state index contributed by atoms with van der Waals surface area (Å²) < 4.78 is 6.40. The van der Waals surface area contributed by atoms with Crippen LogP contribution in [0.25, 0.3) is 0 Å². The minimum Gasteiger partial charge on any atom is -0.462 e. The Morgan fingerprint density at radius 1 is 0.453 bits per heavy atom. The molecule has 0 N–H and O–H groups in total. The van der Waals surface area contributed by atoms with E-state index >= 15 is 0 Å². The number of rotatable bonds is 0. The molecule has 298 valence electrons. The molecule has 16 bridgehead atoms. The van der Waals surface area contributed by atoms with E-state index in [0.29, 0.717) is 64.1 Å². The van der Waals surface area contributed by atoms with E-state index in [1.54, 1.807) is 0 Å². The van der Waals surface area contributed by atoms with Gasteiger partial charge in [0.25, 0.3) is 0 Å². The average Bonchev–Trinajstić information content (AvgIpc) is 3.68. The van der Waals surface area contributed by atoms with Gasteiger partial charge in [-0.2, -0.15) is 4.89 Å². The van der Waals surface area contributed by atoms with E-state index in [4.69, 9.17) is 14.5 Å². The van der Waals surface area contributed by atoms with Gasteiger partial charge < -0.3 is 4.74 Å². The molecule has 16 aliphatic rings. The number of carbonyl (C=O) groups is 2. The molecule has 8 saturated carbocycles. The third kappa shape index (κ3) is 6.04. The summed E-state index contributed by atoms with van der Waals surface area (Å²) in [4.78, 5) is 38.4. The SMILES string of the molecule is C[C@@H]1CCC(=O)O[C@@H]2CC[C@@]3(C)[C@H](CC[C@@H]4[C@@H]3CC[C@]3(C)[C@H](CC[C@@H]43)[C@H](C)CCC(=O)OO[C@@H]3CC[C@@]4(C)[C@H](CC[C@@H]5[C@@H]4CC[C@]4(C)[C@@H]1CC[C@@H]54)C3)C2. The maximum atomic E-state index is 13.5. The largest absolute Gasteiger partial charge is 0.462 e. The summed E-state index contributed by atoms with van der Waals surface area (Å²) in [5.74, 6) is 8.76. The minimum atomic E-state index is -0.148. The summed E-state index contributed by atoms with van der Waals surface area (Å²) in [7, 11) is 0. The van der Waals surface area contributed by atoms with Crippen LogP contribution in [0.4, 0.5) is 0 Å². The Labute approximate surface area is 322 Å². The van der Waals surface area contributed by atoms with Gasteiger partial charge in [0.2, 0.25) is 0 Å². The molecule has 0 unspecified atom stereocenters. The molecule has 5 heteroatoms. The van der Waals surface area contributed by atoms with Gasteiger partial charge in [0.1, 0.15) is 12.2 Å². The lowest BCUT2D eigenvalue weighted by Gasteiger charge is -2.61. The lowest BCUT2D eigenvalue weighted by molar-refractivity contribution is -0.310. The summed E-state index contributed by atoms with van der Waals surface area (Å²) >= 11 is 0. The third-order valence-corrected chi connectivity index (χ3v) is 20.9. The van der Waals surface area contributed by atoms with Crippen LogP contribution in [0.5, 0.6) is 0 Å². The van der Waals surface area contributed by atoms with E-state index in [0.717, 1.165) is 80.0 Å². The Bertz CT molecular complexity index is 1390. The van der Waals surface area contributed by atoms with E-state index < -0.39 is 0 Å². The van der Waals surface area contributed by atoms with Gasteiger partial charge in [-0.25, -0.2) is 4.79 Å². The zero-order valence-corrected chi connectivity index (χ0v) is 34.7. The highest BCUT2D eigenvalue weighted by Gasteiger charge is 2.62. The van der Waals surface area contributed by atoms with Crippen molar-refractivity contribution >= 4 is 11.9 Å². The Morgan fingerprint density at radius 3 is 1.43 bits per heavy atom. The van der Waals surface area contributed by atoms with Crippen LogP contribution in [0.1, 0.15) is 183 Å². The maximum Gasteiger partial charge on any atom is 0.342 e. The molecule has 8 saturated heterocycles. The molecule has 18 atom stereocenters. The van der Waals surface area contributed by atoms with Gasteiger partial charge in [0.05, 0.1) is 0 Å². The van der Waals surface area contributed by atoms with Crippen molar-refractivity contribution in [3.05, 3.63) is 0 Å². The van der Waals surface area contributed by atoms with Crippen molar-refractivity contribution in [1.29, 1.82) is 0 Å². The summed E-state index contributed by atoms with van der Waals surface area (Å²) in [5, 5.41) is 0. The number of hydrogen-bond donors (Lipinski definition) is 0. The number of ether oxygens (including phenoxy) is 1. The van der Waals surface area contributed by atoms with Crippen LogP contribution in [-0.2, 0) is 24.1 Å². The predicted octanol–water partition coefficient (Wildman–Crippen LogP) is 11.9. The first kappa shape index (κ1) is 37.5. The van der Waals surface area contributed by atoms with Crippen LogP contribution in [0.3, 0.4) is 0 Å². The monoisotopic (exact) mass is 733 g/mol. The van der Waals surface area contributed by atoms with Gasteiger partial charge in [-0.15, -0.1) is 0 Å². The van der Waals surface area contributed by atoms with E-state index in [9.17, 15) is 9.59 Å². The maximum absolute atomic E-state index is 13.5. The molecule has 0 aromatic carbocycles. The van der Waals surface area contributed by atoms with Crippen LogP contribution < -0.4 is 0 Å². The molecule has 8 heterocycles. The smallest absolute Gasteiger partial charge is 0.342 e. The van der Waals surface area contributed by atoms with Gasteiger partial charge in [-0.3, -0.25) is 9.68 Å². The standard InChI is InChI=1S/C48H76O5/c1-29-7-17-43(49)51-33-19-23-45(3)31(27-33)9-11-35-39-16-14-38(48(39,6)25-21-41(35)45)30(2)8-18-44(50)53-52-34-20-24-46(4)32(28-34)10-12-36-40-15-13-37(29)47(40,5)26-22-42(36)46/h29-42H,7-28H2,1-6H3/t29-,30-,31-,32-,33-,34-,35+,36+,37-,38-,39+,40+,41+,42+,45+,46+,47-,48-/m1/s1. The fraction of sp³-hybridized carbons (Fsp3) is 0.958. The quantitative estimate of drug-likeness (QED) is 0.183. The van der Waals surface area contributed by atoms with Crippen LogP contribution >= 0.6 is 0 Å². The summed E-state index contributed by atoms with van der Waals surface area (Å²) in [5.41, 5.74) is 1.56. The van der Waals surface area contributed by atoms with E-state index in [-0.39, 0.29) is 24.1 Å². The van der Waals surface area contributed by atoms with E-state index in [1.807, 2.05) is 0 Å². The van der Waals surface area contributed by atoms with Crippen molar-refractivity contribution in [2.45, 2.75) is 195 Å². The summed E-state index contributed by atoms with van der Waals surface area (Å²) in [6.07, 6.45) is 25.9. The van der Waals surface area contributed by atoms with Crippen molar-refractivity contribution in [3.63, 3.8) is 0 Å². The van der Waals surface area contributed by atoms with Crippen molar-refractivity contribution in [2.75, 3.05) is 0 Å². The highest BCUT2D eigenvalue weighted by Crippen LogP contribution is 2.70. The van der Waals surface area contributed by atoms with Crippen LogP contribution in [-0.4, -0.2) is 24.1 Å². The molecule has 53 heavy (non-hydrogen) atoms. The van der Waals surface area contributed by atoms with Crippen molar-refractivity contribution < 1.29 is 24.1 Å². The van der Waals surface area contributed by atoms with Crippen LogP contribution in [0.15, 0.2) is 0 Å². The topological polar surface area (TPSA) is 61.8 Å². The van der Waals surface area contributed by atoms with Crippen molar-refractivity contribution in [3.8, 4) is 0 Å². The molecule has 16 fully saturated rings. The predicted molar refractivity (Wildman–Crippen MR) is 208 cm³/mol. The number of hydrogen-bond acceptors (Lipinski definition) is 5. The minimum absolute atomic E-state index is 0.0519. The number of carbonyl (C=O) groups excluding carboxylic acids is 2. The lowest BCUT2D eigenvalue weighted by atomic mass is 9.44. The van der Waals surface area contributed by atoms with Crippen LogP contribution in [0.2, 0.25) is 0 Å².